The van der Waals surface area contributed by atoms with Gasteiger partial charge in [-0.15, -0.1) is 0 Å². The van der Waals surface area contributed by atoms with Gasteiger partial charge in [-0.1, -0.05) is 18.2 Å². The number of fused-ring (bicyclic) bond motifs is 1. The van der Waals surface area contributed by atoms with Crippen LogP contribution in [0.1, 0.15) is 27.1 Å². The van der Waals surface area contributed by atoms with Gasteiger partial charge in [0.05, 0.1) is 16.9 Å². The first-order chi connectivity index (χ1) is 12.0. The SMILES string of the molecule is O=C(O)c1ccc2c(c1)NC(CCNC(=O)c1ccccc1)C(=O)N2. The molecule has 0 aliphatic carbocycles. The highest BCUT2D eigenvalue weighted by Crippen LogP contribution is 2.28. The maximum Gasteiger partial charge on any atom is 0.335 e. The Kier molecular flexibility index (Phi) is 4.65. The Balaban J connectivity index is 1.60. The van der Waals surface area contributed by atoms with E-state index in [-0.39, 0.29) is 17.4 Å². The van der Waals surface area contributed by atoms with Crippen LogP contribution in [0.2, 0.25) is 0 Å². The molecule has 0 radical (unpaired) electrons. The van der Waals surface area contributed by atoms with E-state index in [1.165, 1.54) is 12.1 Å². The number of rotatable bonds is 5. The smallest absolute Gasteiger partial charge is 0.335 e. The van der Waals surface area contributed by atoms with Gasteiger partial charge >= 0.3 is 5.97 Å². The van der Waals surface area contributed by atoms with Crippen LogP contribution in [0, 0.1) is 0 Å². The van der Waals surface area contributed by atoms with Gasteiger partial charge in [-0.25, -0.2) is 4.79 Å². The average Bonchev–Trinajstić information content (AvgIpc) is 2.62. The first kappa shape index (κ1) is 16.5. The summed E-state index contributed by atoms with van der Waals surface area (Å²) in [4.78, 5) is 35.2. The molecule has 0 aromatic heterocycles. The van der Waals surface area contributed by atoms with E-state index in [9.17, 15) is 14.4 Å². The molecule has 4 N–H and O–H groups in total. The minimum absolute atomic E-state index is 0.138. The molecule has 7 nitrogen and oxygen atoms in total. The van der Waals surface area contributed by atoms with Crippen LogP contribution in [0.25, 0.3) is 0 Å². The van der Waals surface area contributed by atoms with Crippen LogP contribution in [-0.4, -0.2) is 35.5 Å². The number of carbonyl (C=O) groups excluding carboxylic acids is 2. The molecule has 2 aromatic rings. The van der Waals surface area contributed by atoms with Gasteiger partial charge in [0, 0.05) is 12.1 Å². The van der Waals surface area contributed by atoms with Crippen molar-refractivity contribution in [2.24, 2.45) is 0 Å². The molecule has 0 bridgehead atoms. The van der Waals surface area contributed by atoms with Gasteiger partial charge < -0.3 is 21.1 Å². The lowest BCUT2D eigenvalue weighted by molar-refractivity contribution is -0.117. The molecule has 2 amide bonds. The van der Waals surface area contributed by atoms with Crippen molar-refractivity contribution >= 4 is 29.2 Å². The number of hydrogen-bond acceptors (Lipinski definition) is 4. The molecular formula is C18H17N3O4. The summed E-state index contributed by atoms with van der Waals surface area (Å²) in [6.07, 6.45) is 0.376. The molecule has 0 saturated carbocycles. The molecule has 1 atom stereocenters. The van der Waals surface area contributed by atoms with E-state index in [1.54, 1.807) is 30.3 Å². The van der Waals surface area contributed by atoms with Crippen LogP contribution in [0.4, 0.5) is 11.4 Å². The molecule has 128 valence electrons. The molecule has 7 heteroatoms. The van der Waals surface area contributed by atoms with E-state index in [0.717, 1.165) is 0 Å². The highest BCUT2D eigenvalue weighted by atomic mass is 16.4. The Morgan fingerprint density at radius 1 is 1.04 bits per heavy atom. The van der Waals surface area contributed by atoms with Crippen LogP contribution in [-0.2, 0) is 4.79 Å². The zero-order valence-electron chi connectivity index (χ0n) is 13.3. The van der Waals surface area contributed by atoms with Crippen molar-refractivity contribution in [2.45, 2.75) is 12.5 Å². The standard InChI is InChI=1S/C18H17N3O4/c22-16(11-4-2-1-3-5-11)19-9-8-14-17(23)21-13-7-6-12(18(24)25)10-15(13)20-14/h1-7,10,14,20H,8-9H2,(H,19,22)(H,21,23)(H,24,25). The van der Waals surface area contributed by atoms with Crippen molar-refractivity contribution in [3.63, 3.8) is 0 Å². The fraction of sp³-hybridized carbons (Fsp3) is 0.167. The Bertz CT molecular complexity index is 820. The molecule has 3 rings (SSSR count). The van der Waals surface area contributed by atoms with Crippen molar-refractivity contribution in [1.29, 1.82) is 0 Å². The number of carboxylic acid groups (broad SMARTS) is 1. The minimum atomic E-state index is -1.03. The molecular weight excluding hydrogens is 322 g/mol. The van der Waals surface area contributed by atoms with Crippen LogP contribution < -0.4 is 16.0 Å². The lowest BCUT2D eigenvalue weighted by atomic mass is 10.1. The van der Waals surface area contributed by atoms with Crippen molar-refractivity contribution in [1.82, 2.24) is 5.32 Å². The summed E-state index contributed by atoms with van der Waals surface area (Å²) in [5.74, 6) is -1.46. The monoisotopic (exact) mass is 339 g/mol. The second-order valence-corrected chi connectivity index (χ2v) is 5.66. The van der Waals surface area contributed by atoms with Crippen LogP contribution >= 0.6 is 0 Å². The topological polar surface area (TPSA) is 108 Å². The third kappa shape index (κ3) is 3.77. The van der Waals surface area contributed by atoms with Crippen LogP contribution in [0.3, 0.4) is 0 Å². The molecule has 1 aliphatic rings. The van der Waals surface area contributed by atoms with Gasteiger partial charge in [0.25, 0.3) is 5.91 Å². The van der Waals surface area contributed by atoms with Crippen molar-refractivity contribution in [3.05, 3.63) is 59.7 Å². The van der Waals surface area contributed by atoms with Crippen molar-refractivity contribution in [2.75, 3.05) is 17.2 Å². The van der Waals surface area contributed by atoms with Gasteiger partial charge in [0.15, 0.2) is 0 Å². The highest BCUT2D eigenvalue weighted by molar-refractivity contribution is 6.04. The molecule has 0 saturated heterocycles. The summed E-state index contributed by atoms with van der Waals surface area (Å²) in [6.45, 7) is 0.312. The minimum Gasteiger partial charge on any atom is -0.478 e. The largest absolute Gasteiger partial charge is 0.478 e. The predicted molar refractivity (Wildman–Crippen MR) is 92.8 cm³/mol. The lowest BCUT2D eigenvalue weighted by Crippen LogP contribution is -2.41. The van der Waals surface area contributed by atoms with Crippen molar-refractivity contribution < 1.29 is 19.5 Å². The molecule has 25 heavy (non-hydrogen) atoms. The third-order valence-electron chi connectivity index (χ3n) is 3.93. The molecule has 1 aliphatic heterocycles. The Morgan fingerprint density at radius 2 is 1.80 bits per heavy atom. The summed E-state index contributed by atoms with van der Waals surface area (Å²) in [5, 5.41) is 17.6. The summed E-state index contributed by atoms with van der Waals surface area (Å²) in [6, 6.07) is 12.7. The zero-order chi connectivity index (χ0) is 17.8. The summed E-state index contributed by atoms with van der Waals surface area (Å²) >= 11 is 0. The van der Waals surface area contributed by atoms with Gasteiger partial charge in [-0.05, 0) is 36.8 Å². The van der Waals surface area contributed by atoms with Crippen LogP contribution in [0.5, 0.6) is 0 Å². The second-order valence-electron chi connectivity index (χ2n) is 5.66. The number of benzene rings is 2. The number of amides is 2. The number of anilines is 2. The molecule has 2 aromatic carbocycles. The molecule has 0 fully saturated rings. The maximum absolute atomic E-state index is 12.1. The summed E-state index contributed by atoms with van der Waals surface area (Å²) < 4.78 is 0. The van der Waals surface area contributed by atoms with Gasteiger partial charge in [0.1, 0.15) is 6.04 Å². The van der Waals surface area contributed by atoms with Crippen molar-refractivity contribution in [3.8, 4) is 0 Å². The average molecular weight is 339 g/mol. The normalized spacial score (nSPS) is 15.5. The first-order valence-corrected chi connectivity index (χ1v) is 7.82. The number of carboxylic acids is 1. The van der Waals surface area contributed by atoms with E-state index >= 15 is 0 Å². The van der Waals surface area contributed by atoms with Gasteiger partial charge in [-0.2, -0.15) is 0 Å². The van der Waals surface area contributed by atoms with Gasteiger partial charge in [-0.3, -0.25) is 9.59 Å². The number of carbonyl (C=O) groups is 3. The molecule has 0 spiro atoms. The Hall–Kier alpha value is -3.35. The maximum atomic E-state index is 12.1. The summed E-state index contributed by atoms with van der Waals surface area (Å²) in [7, 11) is 0. The van der Waals surface area contributed by atoms with E-state index in [2.05, 4.69) is 16.0 Å². The number of hydrogen-bond donors (Lipinski definition) is 4. The van der Waals surface area contributed by atoms with Crippen LogP contribution in [0.15, 0.2) is 48.5 Å². The summed E-state index contributed by atoms with van der Waals surface area (Å²) in [5.41, 5.74) is 1.79. The van der Waals surface area contributed by atoms with Gasteiger partial charge in [0.2, 0.25) is 5.91 Å². The third-order valence-corrected chi connectivity index (χ3v) is 3.93. The number of aromatic carboxylic acids is 1. The second kappa shape index (κ2) is 7.04. The quantitative estimate of drug-likeness (QED) is 0.666. The Morgan fingerprint density at radius 3 is 2.52 bits per heavy atom. The number of nitrogens with one attached hydrogen (secondary N) is 3. The lowest BCUT2D eigenvalue weighted by Gasteiger charge is -2.27. The zero-order valence-corrected chi connectivity index (χ0v) is 13.3. The first-order valence-electron chi connectivity index (χ1n) is 7.82. The fourth-order valence-corrected chi connectivity index (χ4v) is 2.60. The van der Waals surface area contributed by atoms with E-state index in [1.807, 2.05) is 6.07 Å². The molecule has 1 heterocycles. The predicted octanol–water partition coefficient (Wildman–Crippen LogP) is 1.94. The van der Waals surface area contributed by atoms with E-state index in [0.29, 0.717) is 29.9 Å². The highest BCUT2D eigenvalue weighted by Gasteiger charge is 2.25. The molecule has 1 unspecified atom stereocenters. The van der Waals surface area contributed by atoms with E-state index < -0.39 is 12.0 Å². The van der Waals surface area contributed by atoms with E-state index in [4.69, 9.17) is 5.11 Å². The Labute approximate surface area is 144 Å². The fourth-order valence-electron chi connectivity index (χ4n) is 2.60.